The maximum absolute atomic E-state index is 9.61. The fourth-order valence-corrected chi connectivity index (χ4v) is 2.64. The Bertz CT molecular complexity index is 183. The number of rotatable bonds is 2. The molecule has 5 atom stereocenters. The molecule has 2 saturated heterocycles. The van der Waals surface area contributed by atoms with Crippen molar-refractivity contribution in [3.63, 3.8) is 0 Å². The molecular weight excluding hydrogens is 168 g/mol. The summed E-state index contributed by atoms with van der Waals surface area (Å²) in [6, 6.07) is 0. The Kier molecular flexibility index (Phi) is 2.58. The van der Waals surface area contributed by atoms with Crippen LogP contribution in [0.25, 0.3) is 0 Å². The molecule has 3 nitrogen and oxygen atoms in total. The number of aliphatic hydroxyl groups is 1. The monoisotopic (exact) mass is 186 g/mol. The minimum atomic E-state index is -0.591. The summed E-state index contributed by atoms with van der Waals surface area (Å²) in [5, 5.41) is 9.61. The van der Waals surface area contributed by atoms with Gasteiger partial charge in [0.25, 0.3) is 0 Å². The topological polar surface area (TPSA) is 38.7 Å². The first-order chi connectivity index (χ1) is 6.27. The molecule has 0 radical (unpaired) electrons. The lowest BCUT2D eigenvalue weighted by Gasteiger charge is -2.17. The number of hydrogen-bond donors (Lipinski definition) is 1. The van der Waals surface area contributed by atoms with Crippen LogP contribution in [0.1, 0.15) is 26.7 Å². The molecule has 2 aliphatic heterocycles. The lowest BCUT2D eigenvalue weighted by atomic mass is 9.87. The third-order valence-corrected chi connectivity index (χ3v) is 3.34. The zero-order valence-corrected chi connectivity index (χ0v) is 8.27. The summed E-state index contributed by atoms with van der Waals surface area (Å²) in [6.45, 7) is 4.90. The summed E-state index contributed by atoms with van der Waals surface area (Å²) < 4.78 is 11.1. The predicted octanol–water partition coefficient (Wildman–Crippen LogP) is 1.15. The van der Waals surface area contributed by atoms with Crippen molar-refractivity contribution in [1.82, 2.24) is 0 Å². The van der Waals surface area contributed by atoms with Crippen LogP contribution in [0.3, 0.4) is 0 Å². The van der Waals surface area contributed by atoms with Crippen LogP contribution in [0.4, 0.5) is 0 Å². The van der Waals surface area contributed by atoms with Crippen LogP contribution in [0.15, 0.2) is 0 Å². The second-order valence-electron chi connectivity index (χ2n) is 3.99. The van der Waals surface area contributed by atoms with E-state index in [-0.39, 0.29) is 12.0 Å². The van der Waals surface area contributed by atoms with Gasteiger partial charge in [0.05, 0.1) is 18.8 Å². The maximum Gasteiger partial charge on any atom is 0.160 e. The molecule has 1 N–H and O–H groups in total. The predicted molar refractivity (Wildman–Crippen MR) is 48.2 cm³/mol. The number of ether oxygens (including phenoxy) is 2. The van der Waals surface area contributed by atoms with Gasteiger partial charge in [-0.2, -0.15) is 0 Å². The highest BCUT2D eigenvalue weighted by atomic mass is 16.6. The van der Waals surface area contributed by atoms with Gasteiger partial charge < -0.3 is 14.6 Å². The van der Waals surface area contributed by atoms with E-state index in [0.717, 1.165) is 12.8 Å². The Labute approximate surface area is 79.0 Å². The first-order valence-electron chi connectivity index (χ1n) is 5.23. The normalized spacial score (nSPS) is 49.6. The first kappa shape index (κ1) is 9.44. The molecule has 2 rings (SSSR count). The fourth-order valence-electron chi connectivity index (χ4n) is 2.64. The summed E-state index contributed by atoms with van der Waals surface area (Å²) in [7, 11) is 0. The van der Waals surface area contributed by atoms with Crippen molar-refractivity contribution in [2.75, 3.05) is 6.61 Å². The Morgan fingerprint density at radius 3 is 2.54 bits per heavy atom. The van der Waals surface area contributed by atoms with Crippen molar-refractivity contribution in [1.29, 1.82) is 0 Å². The number of hydrogen-bond acceptors (Lipinski definition) is 3. The van der Waals surface area contributed by atoms with Crippen LogP contribution < -0.4 is 0 Å². The summed E-state index contributed by atoms with van der Waals surface area (Å²) in [5.41, 5.74) is 0. The molecule has 2 fully saturated rings. The van der Waals surface area contributed by atoms with Crippen molar-refractivity contribution in [2.45, 2.75) is 45.2 Å². The molecule has 0 aromatic rings. The molecule has 0 spiro atoms. The van der Waals surface area contributed by atoms with E-state index < -0.39 is 6.29 Å². The quantitative estimate of drug-likeness (QED) is 0.703. The van der Waals surface area contributed by atoms with Crippen LogP contribution in [0.2, 0.25) is 0 Å². The van der Waals surface area contributed by atoms with Gasteiger partial charge in [-0.05, 0) is 12.8 Å². The second kappa shape index (κ2) is 3.56. The molecule has 2 heterocycles. The third kappa shape index (κ3) is 1.39. The maximum atomic E-state index is 9.61. The Morgan fingerprint density at radius 2 is 1.92 bits per heavy atom. The molecule has 0 amide bonds. The average molecular weight is 186 g/mol. The molecule has 0 aromatic carbocycles. The summed E-state index contributed by atoms with van der Waals surface area (Å²) in [6.07, 6.45) is 1.90. The van der Waals surface area contributed by atoms with E-state index in [4.69, 9.17) is 9.47 Å². The molecule has 76 valence electrons. The van der Waals surface area contributed by atoms with Crippen LogP contribution >= 0.6 is 0 Å². The largest absolute Gasteiger partial charge is 0.374 e. The summed E-state index contributed by atoms with van der Waals surface area (Å²) in [5.74, 6) is 0.639. The van der Waals surface area contributed by atoms with Gasteiger partial charge in [0.2, 0.25) is 0 Å². The highest BCUT2D eigenvalue weighted by Crippen LogP contribution is 2.42. The van der Waals surface area contributed by atoms with Crippen LogP contribution in [-0.2, 0) is 9.47 Å². The molecule has 13 heavy (non-hydrogen) atoms. The molecule has 0 aromatic heterocycles. The molecular formula is C10H18O3. The van der Waals surface area contributed by atoms with Gasteiger partial charge in [-0.3, -0.25) is 0 Å². The zero-order valence-electron chi connectivity index (χ0n) is 8.27. The average Bonchev–Trinajstić information content (AvgIpc) is 2.67. The SMILES string of the molecule is CCC1OC(CC)C2C1CO[C@@H]2O. The van der Waals surface area contributed by atoms with Gasteiger partial charge in [0.1, 0.15) is 0 Å². The van der Waals surface area contributed by atoms with Crippen LogP contribution in [0.5, 0.6) is 0 Å². The summed E-state index contributed by atoms with van der Waals surface area (Å²) in [4.78, 5) is 0. The minimum absolute atomic E-state index is 0.201. The molecule has 2 aliphatic rings. The van der Waals surface area contributed by atoms with E-state index >= 15 is 0 Å². The summed E-state index contributed by atoms with van der Waals surface area (Å²) >= 11 is 0. The standard InChI is InChI=1S/C10H18O3/c1-3-7-6-5-12-10(11)9(6)8(4-2)13-7/h6-11H,3-5H2,1-2H3/t6?,7?,8?,9?,10-/m0/s1. The van der Waals surface area contributed by atoms with Gasteiger partial charge in [-0.15, -0.1) is 0 Å². The molecule has 0 saturated carbocycles. The van der Waals surface area contributed by atoms with Crippen molar-refractivity contribution in [2.24, 2.45) is 11.8 Å². The van der Waals surface area contributed by atoms with Crippen molar-refractivity contribution >= 4 is 0 Å². The van der Waals surface area contributed by atoms with Crippen molar-refractivity contribution in [3.8, 4) is 0 Å². The van der Waals surface area contributed by atoms with Gasteiger partial charge in [-0.25, -0.2) is 0 Å². The molecule has 0 bridgehead atoms. The molecule has 4 unspecified atom stereocenters. The highest BCUT2D eigenvalue weighted by molar-refractivity contribution is 4.94. The van der Waals surface area contributed by atoms with E-state index in [2.05, 4.69) is 13.8 Å². The fraction of sp³-hybridized carbons (Fsp3) is 1.00. The van der Waals surface area contributed by atoms with Gasteiger partial charge in [-0.1, -0.05) is 13.8 Å². The first-order valence-corrected chi connectivity index (χ1v) is 5.23. The van der Waals surface area contributed by atoms with E-state index in [1.54, 1.807) is 0 Å². The van der Waals surface area contributed by atoms with E-state index in [0.29, 0.717) is 18.6 Å². The number of aliphatic hydroxyl groups excluding tert-OH is 1. The minimum Gasteiger partial charge on any atom is -0.374 e. The van der Waals surface area contributed by atoms with Gasteiger partial charge >= 0.3 is 0 Å². The van der Waals surface area contributed by atoms with Crippen molar-refractivity contribution in [3.05, 3.63) is 0 Å². The number of fused-ring (bicyclic) bond motifs is 1. The van der Waals surface area contributed by atoms with Gasteiger partial charge in [0.15, 0.2) is 6.29 Å². The lowest BCUT2D eigenvalue weighted by molar-refractivity contribution is -0.115. The zero-order chi connectivity index (χ0) is 9.42. The van der Waals surface area contributed by atoms with E-state index in [1.165, 1.54) is 0 Å². The van der Waals surface area contributed by atoms with E-state index in [1.807, 2.05) is 0 Å². The Morgan fingerprint density at radius 1 is 1.23 bits per heavy atom. The van der Waals surface area contributed by atoms with Crippen molar-refractivity contribution < 1.29 is 14.6 Å². The third-order valence-electron chi connectivity index (χ3n) is 3.34. The van der Waals surface area contributed by atoms with E-state index in [9.17, 15) is 5.11 Å². The Hall–Kier alpha value is -0.120. The smallest absolute Gasteiger partial charge is 0.160 e. The Balaban J connectivity index is 2.11. The molecule has 3 heteroatoms. The van der Waals surface area contributed by atoms with Crippen LogP contribution in [0, 0.1) is 11.8 Å². The highest BCUT2D eigenvalue weighted by Gasteiger charge is 2.50. The van der Waals surface area contributed by atoms with Gasteiger partial charge in [0, 0.05) is 11.8 Å². The lowest BCUT2D eigenvalue weighted by Crippen LogP contribution is -2.26. The second-order valence-corrected chi connectivity index (χ2v) is 3.99. The van der Waals surface area contributed by atoms with Crippen LogP contribution in [-0.4, -0.2) is 30.2 Å². The molecule has 0 aliphatic carbocycles.